The Morgan fingerprint density at radius 3 is 2.07 bits per heavy atom. The number of anilines is 1. The molecule has 0 saturated heterocycles. The largest absolute Gasteiger partial charge is 0.460 e. The van der Waals surface area contributed by atoms with Crippen molar-refractivity contribution in [3.05, 3.63) is 35.4 Å². The van der Waals surface area contributed by atoms with Crippen molar-refractivity contribution in [3.8, 4) is 0 Å². The van der Waals surface area contributed by atoms with E-state index in [4.69, 9.17) is 0 Å². The zero-order chi connectivity index (χ0) is 22.2. The van der Waals surface area contributed by atoms with Gasteiger partial charge in [0.15, 0.2) is 5.78 Å². The number of hydrogen-bond acceptors (Lipinski definition) is 3. The average Bonchev–Trinajstić information content (AvgIpc) is 2.62. The van der Waals surface area contributed by atoms with Crippen LogP contribution in [-0.4, -0.2) is 43.7 Å². The summed E-state index contributed by atoms with van der Waals surface area (Å²) in [5, 5.41) is 0. The summed E-state index contributed by atoms with van der Waals surface area (Å²) in [5.41, 5.74) is 1.27. The summed E-state index contributed by atoms with van der Waals surface area (Å²) in [6.07, 6.45) is -5.70. The molecule has 1 saturated carbocycles. The maximum Gasteiger partial charge on any atom is 0.460 e. The van der Waals surface area contributed by atoms with Crippen molar-refractivity contribution in [1.82, 2.24) is 0 Å². The van der Waals surface area contributed by atoms with E-state index in [-0.39, 0.29) is 18.4 Å². The zero-order valence-electron chi connectivity index (χ0n) is 15.5. The molecule has 1 aromatic carbocycles. The molecule has 1 fully saturated rings. The van der Waals surface area contributed by atoms with Gasteiger partial charge in [0.1, 0.15) is 0 Å². The second-order valence-corrected chi connectivity index (χ2v) is 6.98. The van der Waals surface area contributed by atoms with Gasteiger partial charge in [-0.25, -0.2) is 0 Å². The molecular formula is C19H18F7NO2. The number of Topliss-reactive ketones (excluding diaryl/α,β-unsaturated/α-hetero) is 2. The van der Waals surface area contributed by atoms with E-state index >= 15 is 0 Å². The van der Waals surface area contributed by atoms with E-state index in [0.29, 0.717) is 5.56 Å². The summed E-state index contributed by atoms with van der Waals surface area (Å²) < 4.78 is 90.8. The fourth-order valence-electron chi connectivity index (χ4n) is 2.99. The van der Waals surface area contributed by atoms with Gasteiger partial charge in [-0.2, -0.15) is 30.7 Å². The average molecular weight is 425 g/mol. The van der Waals surface area contributed by atoms with Crippen LogP contribution in [0, 0.1) is 5.92 Å². The molecule has 0 spiro atoms. The second kappa shape index (κ2) is 7.79. The number of carbonyl (C=O) groups is 2. The van der Waals surface area contributed by atoms with Gasteiger partial charge in [-0.3, -0.25) is 9.59 Å². The van der Waals surface area contributed by atoms with Crippen LogP contribution in [0.4, 0.5) is 36.4 Å². The first kappa shape index (κ1) is 22.9. The molecule has 1 aliphatic carbocycles. The molecule has 2 rings (SSSR count). The number of rotatable bonds is 5. The van der Waals surface area contributed by atoms with Gasteiger partial charge in [0.05, 0.1) is 5.92 Å². The number of alkyl halides is 7. The van der Waals surface area contributed by atoms with Crippen LogP contribution in [0.2, 0.25) is 0 Å². The molecular weight excluding hydrogens is 407 g/mol. The van der Waals surface area contributed by atoms with Gasteiger partial charge in [0, 0.05) is 19.8 Å². The predicted molar refractivity (Wildman–Crippen MR) is 92.1 cm³/mol. The molecule has 1 unspecified atom stereocenters. The molecule has 1 aromatic rings. The lowest BCUT2D eigenvalue weighted by Gasteiger charge is -2.31. The molecule has 0 bridgehead atoms. The lowest BCUT2D eigenvalue weighted by molar-refractivity contribution is -0.344. The number of halogens is 7. The number of allylic oxidation sites excluding steroid dienone is 1. The monoisotopic (exact) mass is 425 g/mol. The predicted octanol–water partition coefficient (Wildman–Crippen LogP) is 4.91. The molecule has 0 aromatic heterocycles. The van der Waals surface area contributed by atoms with E-state index in [1.807, 2.05) is 0 Å². The van der Waals surface area contributed by atoms with Crippen LogP contribution in [0.3, 0.4) is 0 Å². The highest BCUT2D eigenvalue weighted by molar-refractivity contribution is 6.14. The highest BCUT2D eigenvalue weighted by Gasteiger charge is 2.76. The van der Waals surface area contributed by atoms with Gasteiger partial charge in [0.2, 0.25) is 5.78 Å². The van der Waals surface area contributed by atoms with Gasteiger partial charge in [-0.05, 0) is 48.6 Å². The first-order chi connectivity index (χ1) is 13.2. The molecule has 0 heterocycles. The van der Waals surface area contributed by atoms with Crippen molar-refractivity contribution in [3.63, 3.8) is 0 Å². The Balaban J connectivity index is 2.30. The maximum absolute atomic E-state index is 13.7. The Bertz CT molecular complexity index is 811. The van der Waals surface area contributed by atoms with Crippen LogP contribution in [0.15, 0.2) is 29.8 Å². The Hall–Kier alpha value is -2.39. The van der Waals surface area contributed by atoms with Crippen LogP contribution < -0.4 is 4.90 Å². The maximum atomic E-state index is 13.7. The quantitative estimate of drug-likeness (QED) is 0.382. The highest BCUT2D eigenvalue weighted by atomic mass is 19.4. The Labute approximate surface area is 162 Å². The third kappa shape index (κ3) is 4.30. The van der Waals surface area contributed by atoms with E-state index in [2.05, 4.69) is 0 Å². The third-order valence-corrected chi connectivity index (χ3v) is 4.70. The topological polar surface area (TPSA) is 37.4 Å². The second-order valence-electron chi connectivity index (χ2n) is 6.98. The highest BCUT2D eigenvalue weighted by Crippen LogP contribution is 2.48. The summed E-state index contributed by atoms with van der Waals surface area (Å²) in [7, 11) is 3.59. The van der Waals surface area contributed by atoms with Crippen LogP contribution in [-0.2, 0) is 9.59 Å². The van der Waals surface area contributed by atoms with Crippen molar-refractivity contribution in [2.75, 3.05) is 19.0 Å². The summed E-state index contributed by atoms with van der Waals surface area (Å²) in [6.45, 7) is 0. The molecule has 0 aliphatic heterocycles. The SMILES string of the molecule is CN(C)c1ccc(/C=C2\CCCC(C(=O)C(F)(F)C(F)(F)C(F)(F)F)C2=O)cc1. The number of hydrogen-bond donors (Lipinski definition) is 0. The summed E-state index contributed by atoms with van der Waals surface area (Å²) in [6, 6.07) is 6.65. The van der Waals surface area contributed by atoms with Crippen molar-refractivity contribution in [1.29, 1.82) is 0 Å². The number of nitrogens with zero attached hydrogens (tertiary/aromatic N) is 1. The minimum Gasteiger partial charge on any atom is -0.378 e. The van der Waals surface area contributed by atoms with Gasteiger partial charge >= 0.3 is 18.0 Å². The molecule has 0 N–H and O–H groups in total. The van der Waals surface area contributed by atoms with Crippen LogP contribution in [0.1, 0.15) is 24.8 Å². The molecule has 1 atom stereocenters. The third-order valence-electron chi connectivity index (χ3n) is 4.70. The molecule has 29 heavy (non-hydrogen) atoms. The fourth-order valence-corrected chi connectivity index (χ4v) is 2.99. The van der Waals surface area contributed by atoms with Gasteiger partial charge < -0.3 is 4.90 Å². The first-order valence-electron chi connectivity index (χ1n) is 8.59. The van der Waals surface area contributed by atoms with Crippen molar-refractivity contribution >= 4 is 23.3 Å². The smallest absolute Gasteiger partial charge is 0.378 e. The van der Waals surface area contributed by atoms with Gasteiger partial charge in [-0.15, -0.1) is 0 Å². The van der Waals surface area contributed by atoms with Gasteiger partial charge in [-0.1, -0.05) is 12.1 Å². The lowest BCUT2D eigenvalue weighted by Crippen LogP contribution is -2.58. The molecule has 1 aliphatic rings. The van der Waals surface area contributed by atoms with Crippen molar-refractivity contribution < 1.29 is 40.3 Å². The minimum absolute atomic E-state index is 0.0252. The fraction of sp³-hybridized carbons (Fsp3) is 0.474. The minimum atomic E-state index is -6.63. The Kier molecular flexibility index (Phi) is 6.15. The number of carbonyl (C=O) groups excluding carboxylic acids is 2. The van der Waals surface area contributed by atoms with E-state index in [9.17, 15) is 40.3 Å². The van der Waals surface area contributed by atoms with Crippen molar-refractivity contribution in [2.24, 2.45) is 5.92 Å². The first-order valence-corrected chi connectivity index (χ1v) is 8.59. The standard InChI is InChI=1S/C19H18F7NO2/c1-27(2)13-8-6-11(7-9-13)10-12-4-3-5-14(15(12)28)16(29)17(20,21)18(22,23)19(24,25)26/h6-10,14H,3-5H2,1-2H3/b12-10+. The molecule has 0 amide bonds. The Morgan fingerprint density at radius 2 is 1.59 bits per heavy atom. The van der Waals surface area contributed by atoms with E-state index in [1.54, 1.807) is 43.3 Å². The van der Waals surface area contributed by atoms with E-state index in [1.165, 1.54) is 6.08 Å². The Morgan fingerprint density at radius 1 is 1.03 bits per heavy atom. The summed E-state index contributed by atoms with van der Waals surface area (Å²) in [4.78, 5) is 26.1. The molecule has 3 nitrogen and oxygen atoms in total. The van der Waals surface area contributed by atoms with Gasteiger partial charge in [0.25, 0.3) is 0 Å². The van der Waals surface area contributed by atoms with E-state index in [0.717, 1.165) is 5.69 Å². The number of ketones is 2. The van der Waals surface area contributed by atoms with Crippen LogP contribution in [0.25, 0.3) is 6.08 Å². The zero-order valence-corrected chi connectivity index (χ0v) is 15.5. The molecule has 0 radical (unpaired) electrons. The molecule has 160 valence electrons. The van der Waals surface area contributed by atoms with Crippen LogP contribution in [0.5, 0.6) is 0 Å². The van der Waals surface area contributed by atoms with Crippen molar-refractivity contribution in [2.45, 2.75) is 37.3 Å². The number of benzene rings is 1. The summed E-state index contributed by atoms with van der Waals surface area (Å²) in [5.74, 6) is -18.7. The molecule has 10 heteroatoms. The normalized spacial score (nSPS) is 20.1. The van der Waals surface area contributed by atoms with E-state index < -0.39 is 41.9 Å². The van der Waals surface area contributed by atoms with Crippen LogP contribution >= 0.6 is 0 Å². The summed E-state index contributed by atoms with van der Waals surface area (Å²) >= 11 is 0. The lowest BCUT2D eigenvalue weighted by atomic mass is 9.78.